The highest BCUT2D eigenvalue weighted by Gasteiger charge is 2.44. The first-order valence-corrected chi connectivity index (χ1v) is 8.83. The van der Waals surface area contributed by atoms with E-state index in [1.165, 1.54) is 5.56 Å². The maximum atomic E-state index is 12.4. The molecule has 3 atom stereocenters. The first kappa shape index (κ1) is 17.2. The number of fused-ring (bicyclic) bond motifs is 2. The van der Waals surface area contributed by atoms with Gasteiger partial charge in [-0.1, -0.05) is 26.0 Å². The summed E-state index contributed by atoms with van der Waals surface area (Å²) in [5.41, 5.74) is 1.26. The third-order valence-corrected chi connectivity index (χ3v) is 4.82. The van der Waals surface area contributed by atoms with Crippen LogP contribution in [0.4, 0.5) is 0 Å². The van der Waals surface area contributed by atoms with Gasteiger partial charge in [0.25, 0.3) is 0 Å². The van der Waals surface area contributed by atoms with Gasteiger partial charge in [0, 0.05) is 26.2 Å². The molecule has 2 heterocycles. The van der Waals surface area contributed by atoms with Crippen LogP contribution >= 0.6 is 0 Å². The van der Waals surface area contributed by atoms with Gasteiger partial charge in [-0.05, 0) is 30.0 Å². The number of rotatable bonds is 6. The van der Waals surface area contributed by atoms with Crippen molar-refractivity contribution in [2.75, 3.05) is 26.7 Å². The Morgan fingerprint density at radius 2 is 2.08 bits per heavy atom. The number of carbonyl (C=O) groups excluding carboxylic acids is 1. The topological polar surface area (TPSA) is 50.8 Å². The minimum Gasteiger partial charge on any atom is -0.497 e. The number of hydrogen-bond acceptors (Lipinski definition) is 4. The van der Waals surface area contributed by atoms with Crippen LogP contribution in [0.15, 0.2) is 24.3 Å². The molecule has 2 aliphatic heterocycles. The SMILES string of the molecule is COc1ccc(CN2C[C@H]3C[C@H](C(=O)NCC(C)C)[C@@H](C2)O3)cc1. The average Bonchev–Trinajstić information content (AvgIpc) is 2.88. The van der Waals surface area contributed by atoms with E-state index >= 15 is 0 Å². The highest BCUT2D eigenvalue weighted by Crippen LogP contribution is 2.32. The van der Waals surface area contributed by atoms with E-state index in [-0.39, 0.29) is 24.0 Å². The van der Waals surface area contributed by atoms with Gasteiger partial charge in [0.05, 0.1) is 25.2 Å². The van der Waals surface area contributed by atoms with Crippen LogP contribution in [0.25, 0.3) is 0 Å². The van der Waals surface area contributed by atoms with Crippen LogP contribution in [0, 0.1) is 11.8 Å². The molecule has 0 spiro atoms. The van der Waals surface area contributed by atoms with Gasteiger partial charge in [-0.3, -0.25) is 9.69 Å². The van der Waals surface area contributed by atoms with E-state index in [1.54, 1.807) is 7.11 Å². The van der Waals surface area contributed by atoms with Crippen molar-refractivity contribution in [3.63, 3.8) is 0 Å². The lowest BCUT2D eigenvalue weighted by Crippen LogP contribution is -2.45. The molecule has 0 unspecified atom stereocenters. The summed E-state index contributed by atoms with van der Waals surface area (Å²) in [6.07, 6.45) is 1.04. The second-order valence-corrected chi connectivity index (χ2v) is 7.32. The zero-order valence-corrected chi connectivity index (χ0v) is 14.8. The molecular formula is C19H28N2O3. The van der Waals surface area contributed by atoms with Crippen molar-refractivity contribution in [2.45, 2.75) is 39.0 Å². The molecule has 132 valence electrons. The highest BCUT2D eigenvalue weighted by atomic mass is 16.5. The van der Waals surface area contributed by atoms with Crippen molar-refractivity contribution in [1.29, 1.82) is 0 Å². The summed E-state index contributed by atoms with van der Waals surface area (Å²) in [6.45, 7) is 7.57. The molecule has 1 N–H and O–H groups in total. The molecular weight excluding hydrogens is 304 g/mol. The monoisotopic (exact) mass is 332 g/mol. The van der Waals surface area contributed by atoms with E-state index < -0.39 is 0 Å². The molecule has 1 aromatic carbocycles. The fraction of sp³-hybridized carbons (Fsp3) is 0.632. The summed E-state index contributed by atoms with van der Waals surface area (Å²) in [7, 11) is 1.68. The summed E-state index contributed by atoms with van der Waals surface area (Å²) < 4.78 is 11.2. The molecule has 2 saturated heterocycles. The van der Waals surface area contributed by atoms with Crippen LogP contribution in [-0.4, -0.2) is 49.8 Å². The molecule has 0 saturated carbocycles. The third-order valence-electron chi connectivity index (χ3n) is 4.82. The Morgan fingerprint density at radius 1 is 1.33 bits per heavy atom. The minimum absolute atomic E-state index is 0.00498. The van der Waals surface area contributed by atoms with Crippen molar-refractivity contribution in [3.8, 4) is 5.75 Å². The molecule has 2 bridgehead atoms. The fourth-order valence-electron chi connectivity index (χ4n) is 3.57. The Balaban J connectivity index is 1.56. The summed E-state index contributed by atoms with van der Waals surface area (Å²) >= 11 is 0. The van der Waals surface area contributed by atoms with Gasteiger partial charge < -0.3 is 14.8 Å². The zero-order chi connectivity index (χ0) is 17.1. The molecule has 5 nitrogen and oxygen atoms in total. The van der Waals surface area contributed by atoms with E-state index in [0.29, 0.717) is 5.92 Å². The molecule has 0 aromatic heterocycles. The zero-order valence-electron chi connectivity index (χ0n) is 14.8. The van der Waals surface area contributed by atoms with Crippen molar-refractivity contribution >= 4 is 5.91 Å². The Bertz CT molecular complexity index is 558. The van der Waals surface area contributed by atoms with Gasteiger partial charge in [0.2, 0.25) is 5.91 Å². The van der Waals surface area contributed by atoms with Crippen LogP contribution in [0.1, 0.15) is 25.8 Å². The number of carbonyl (C=O) groups is 1. The van der Waals surface area contributed by atoms with Gasteiger partial charge in [0.15, 0.2) is 0 Å². The van der Waals surface area contributed by atoms with Gasteiger partial charge in [0.1, 0.15) is 5.75 Å². The second-order valence-electron chi connectivity index (χ2n) is 7.32. The van der Waals surface area contributed by atoms with Crippen LogP contribution in [-0.2, 0) is 16.1 Å². The van der Waals surface area contributed by atoms with Crippen LogP contribution in [0.5, 0.6) is 5.75 Å². The quantitative estimate of drug-likeness (QED) is 0.866. The molecule has 24 heavy (non-hydrogen) atoms. The van der Waals surface area contributed by atoms with Crippen molar-refractivity contribution in [2.24, 2.45) is 11.8 Å². The predicted octanol–water partition coefficient (Wildman–Crippen LogP) is 2.06. The van der Waals surface area contributed by atoms with Crippen molar-refractivity contribution < 1.29 is 14.3 Å². The number of amides is 1. The number of methoxy groups -OCH3 is 1. The highest BCUT2D eigenvalue weighted by molar-refractivity contribution is 5.79. The Morgan fingerprint density at radius 3 is 2.75 bits per heavy atom. The second kappa shape index (κ2) is 7.53. The maximum Gasteiger partial charge on any atom is 0.225 e. The smallest absolute Gasteiger partial charge is 0.225 e. The largest absolute Gasteiger partial charge is 0.497 e. The molecule has 2 fully saturated rings. The van der Waals surface area contributed by atoms with Gasteiger partial charge >= 0.3 is 0 Å². The van der Waals surface area contributed by atoms with E-state index in [1.807, 2.05) is 12.1 Å². The number of nitrogens with zero attached hydrogens (tertiary/aromatic N) is 1. The first-order chi connectivity index (χ1) is 11.5. The number of morpholine rings is 1. The summed E-state index contributed by atoms with van der Waals surface area (Å²) in [5.74, 6) is 1.50. The predicted molar refractivity (Wildman–Crippen MR) is 92.9 cm³/mol. The number of likely N-dealkylation sites (tertiary alicyclic amines) is 1. The molecule has 5 heteroatoms. The van der Waals surface area contributed by atoms with E-state index in [0.717, 1.165) is 38.3 Å². The van der Waals surface area contributed by atoms with E-state index in [9.17, 15) is 4.79 Å². The minimum atomic E-state index is -0.00498. The molecule has 1 amide bonds. The molecule has 0 aliphatic carbocycles. The molecule has 0 radical (unpaired) electrons. The third kappa shape index (κ3) is 4.08. The Hall–Kier alpha value is -1.59. The molecule has 2 aliphatic rings. The maximum absolute atomic E-state index is 12.4. The summed E-state index contributed by atoms with van der Waals surface area (Å²) in [5, 5.41) is 3.06. The van der Waals surface area contributed by atoms with Crippen molar-refractivity contribution in [1.82, 2.24) is 10.2 Å². The molecule has 1 aromatic rings. The number of nitrogens with one attached hydrogen (secondary N) is 1. The number of benzene rings is 1. The van der Waals surface area contributed by atoms with Crippen LogP contribution in [0.3, 0.4) is 0 Å². The average molecular weight is 332 g/mol. The number of ether oxygens (including phenoxy) is 2. The van der Waals surface area contributed by atoms with Crippen molar-refractivity contribution in [3.05, 3.63) is 29.8 Å². The lowest BCUT2D eigenvalue weighted by atomic mass is 9.99. The molecule has 3 rings (SSSR count). The van der Waals surface area contributed by atoms with Crippen LogP contribution in [0.2, 0.25) is 0 Å². The van der Waals surface area contributed by atoms with Gasteiger partial charge in [-0.25, -0.2) is 0 Å². The summed E-state index contributed by atoms with van der Waals surface area (Å²) in [4.78, 5) is 14.8. The van der Waals surface area contributed by atoms with E-state index in [2.05, 4.69) is 36.2 Å². The lowest BCUT2D eigenvalue weighted by Gasteiger charge is -2.32. The standard InChI is InChI=1S/C19H28N2O3/c1-13(2)9-20-19(22)17-8-16-11-21(12-18(17)24-16)10-14-4-6-15(23-3)7-5-14/h4-7,13,16-18H,8-12H2,1-3H3,(H,20,22)/t16-,17+,18-/m1/s1. The fourth-order valence-corrected chi connectivity index (χ4v) is 3.57. The normalized spacial score (nSPS) is 26.6. The van der Waals surface area contributed by atoms with Crippen LogP contribution < -0.4 is 10.1 Å². The van der Waals surface area contributed by atoms with Gasteiger partial charge in [-0.2, -0.15) is 0 Å². The summed E-state index contributed by atoms with van der Waals surface area (Å²) in [6, 6.07) is 8.19. The van der Waals surface area contributed by atoms with Gasteiger partial charge in [-0.15, -0.1) is 0 Å². The Labute approximate surface area is 144 Å². The first-order valence-electron chi connectivity index (χ1n) is 8.83. The van der Waals surface area contributed by atoms with E-state index in [4.69, 9.17) is 9.47 Å². The Kier molecular flexibility index (Phi) is 5.41. The lowest BCUT2D eigenvalue weighted by molar-refractivity contribution is -0.128. The number of hydrogen-bond donors (Lipinski definition) is 1.